The van der Waals surface area contributed by atoms with Crippen molar-refractivity contribution in [3.05, 3.63) is 259 Å². The summed E-state index contributed by atoms with van der Waals surface area (Å²) in [4.78, 5) is 2.53. The molecule has 3 aliphatic carbocycles. The lowest BCUT2D eigenvalue weighted by Gasteiger charge is -2.37. The van der Waals surface area contributed by atoms with Crippen molar-refractivity contribution in [2.75, 3.05) is 4.90 Å². The van der Waals surface area contributed by atoms with E-state index < -0.39 is 0 Å². The highest BCUT2D eigenvalue weighted by atomic mass is 15.1. The fourth-order valence-corrected chi connectivity index (χ4v) is 12.9. The van der Waals surface area contributed by atoms with Gasteiger partial charge in [-0.1, -0.05) is 233 Å². The van der Waals surface area contributed by atoms with Crippen LogP contribution in [0.3, 0.4) is 0 Å². The van der Waals surface area contributed by atoms with Crippen molar-refractivity contribution in [1.82, 2.24) is 0 Å². The number of nitrogens with zero attached hydrogens (tertiary/aromatic N) is 1. The fraction of sp³-hybridized carbons (Fsp3) is 0.130. The van der Waals surface area contributed by atoms with E-state index >= 15 is 0 Å². The molecule has 0 heterocycles. The molecule has 1 nitrogen and oxygen atoms in total. The molecule has 1 fully saturated rings. The van der Waals surface area contributed by atoms with Crippen LogP contribution in [-0.4, -0.2) is 0 Å². The van der Waals surface area contributed by atoms with Gasteiger partial charge in [0, 0.05) is 27.8 Å². The molecule has 70 heavy (non-hydrogen) atoms. The number of benzene rings is 10. The summed E-state index contributed by atoms with van der Waals surface area (Å²) in [5, 5.41) is 0. The van der Waals surface area contributed by atoms with Crippen molar-refractivity contribution < 1.29 is 0 Å². The Balaban J connectivity index is 0.974. The Bertz CT molecular complexity index is 3590. The van der Waals surface area contributed by atoms with Crippen molar-refractivity contribution in [3.8, 4) is 77.9 Å². The zero-order chi connectivity index (χ0) is 46.8. The number of fused-ring (bicyclic) bond motifs is 8. The third-order valence-electron chi connectivity index (χ3n) is 16.1. The first-order chi connectivity index (χ1) is 34.5. The van der Waals surface area contributed by atoms with Gasteiger partial charge in [-0.05, 0) is 144 Å². The van der Waals surface area contributed by atoms with Crippen LogP contribution in [0.2, 0.25) is 0 Å². The molecule has 0 aliphatic heterocycles. The van der Waals surface area contributed by atoms with Gasteiger partial charge in [-0.3, -0.25) is 0 Å². The topological polar surface area (TPSA) is 3.24 Å². The zero-order valence-corrected chi connectivity index (χ0v) is 40.0. The third-order valence-corrected chi connectivity index (χ3v) is 16.1. The van der Waals surface area contributed by atoms with Crippen molar-refractivity contribution in [1.29, 1.82) is 0 Å². The van der Waals surface area contributed by atoms with E-state index in [2.05, 4.69) is 255 Å². The summed E-state index contributed by atoms with van der Waals surface area (Å²) in [6, 6.07) is 88.6. The smallest absolute Gasteiger partial charge is 0.0540 e. The predicted octanol–water partition coefficient (Wildman–Crippen LogP) is 19.0. The molecule has 3 aliphatic rings. The molecule has 1 heteroatoms. The minimum Gasteiger partial charge on any atom is -0.310 e. The Morgan fingerprint density at radius 1 is 0.300 bits per heavy atom. The van der Waals surface area contributed by atoms with Gasteiger partial charge in [-0.15, -0.1) is 0 Å². The largest absolute Gasteiger partial charge is 0.310 e. The molecule has 0 bridgehead atoms. The molecule has 0 N–H and O–H groups in total. The maximum Gasteiger partial charge on any atom is 0.0540 e. The monoisotopic (exact) mass is 897 g/mol. The minimum atomic E-state index is -0.120. The number of anilines is 3. The second-order valence-electron chi connectivity index (χ2n) is 20.3. The van der Waals surface area contributed by atoms with Gasteiger partial charge in [0.05, 0.1) is 5.69 Å². The molecule has 336 valence electrons. The predicted molar refractivity (Wildman–Crippen MR) is 295 cm³/mol. The Labute approximate surface area is 413 Å². The molecule has 13 rings (SSSR count). The van der Waals surface area contributed by atoms with E-state index in [1.165, 1.54) is 138 Å². The third kappa shape index (κ3) is 6.74. The lowest BCUT2D eigenvalue weighted by molar-refractivity contribution is 0.353. The molecule has 0 amide bonds. The quantitative estimate of drug-likeness (QED) is 0.147. The van der Waals surface area contributed by atoms with E-state index in [4.69, 9.17) is 0 Å². The molecule has 1 spiro atoms. The highest BCUT2D eigenvalue weighted by molar-refractivity contribution is 5.96. The summed E-state index contributed by atoms with van der Waals surface area (Å²) in [6.07, 6.45) is 6.20. The van der Waals surface area contributed by atoms with Crippen LogP contribution in [0.1, 0.15) is 68.2 Å². The molecular weight excluding hydrogens is 843 g/mol. The highest BCUT2D eigenvalue weighted by Crippen LogP contribution is 2.58. The van der Waals surface area contributed by atoms with E-state index in [0.29, 0.717) is 0 Å². The molecule has 0 aromatic heterocycles. The van der Waals surface area contributed by atoms with Crippen molar-refractivity contribution in [2.24, 2.45) is 0 Å². The summed E-state index contributed by atoms with van der Waals surface area (Å²) in [5.74, 6) is 0. The normalized spacial score (nSPS) is 14.7. The molecule has 0 atom stereocenters. The first kappa shape index (κ1) is 42.1. The Kier molecular flexibility index (Phi) is 10.2. The summed E-state index contributed by atoms with van der Waals surface area (Å²) in [6.45, 7) is 4.78. The second-order valence-corrected chi connectivity index (χ2v) is 20.3. The van der Waals surface area contributed by atoms with Gasteiger partial charge in [0.2, 0.25) is 0 Å². The maximum atomic E-state index is 2.56. The summed E-state index contributed by atoms with van der Waals surface area (Å²) < 4.78 is 0. The van der Waals surface area contributed by atoms with E-state index in [1.54, 1.807) is 0 Å². The minimum absolute atomic E-state index is 0.0321. The molecule has 1 saturated carbocycles. The van der Waals surface area contributed by atoms with Crippen molar-refractivity contribution in [2.45, 2.75) is 56.8 Å². The molecule has 0 radical (unpaired) electrons. The van der Waals surface area contributed by atoms with Crippen LogP contribution in [0.4, 0.5) is 17.1 Å². The van der Waals surface area contributed by atoms with Gasteiger partial charge in [-0.25, -0.2) is 0 Å². The van der Waals surface area contributed by atoms with Crippen molar-refractivity contribution >= 4 is 17.1 Å². The number of hydrogen-bond acceptors (Lipinski definition) is 1. The average Bonchev–Trinajstić information content (AvgIpc) is 3.83. The fourth-order valence-electron chi connectivity index (χ4n) is 12.9. The van der Waals surface area contributed by atoms with Crippen LogP contribution in [0.5, 0.6) is 0 Å². The van der Waals surface area contributed by atoms with Crippen LogP contribution in [0.15, 0.2) is 237 Å². The van der Waals surface area contributed by atoms with Crippen LogP contribution < -0.4 is 4.90 Å². The average molecular weight is 898 g/mol. The van der Waals surface area contributed by atoms with Crippen molar-refractivity contribution in [3.63, 3.8) is 0 Å². The van der Waals surface area contributed by atoms with Gasteiger partial charge in [0.15, 0.2) is 0 Å². The van der Waals surface area contributed by atoms with E-state index in [-0.39, 0.29) is 10.8 Å². The van der Waals surface area contributed by atoms with Gasteiger partial charge >= 0.3 is 0 Å². The van der Waals surface area contributed by atoms with Crippen LogP contribution in [0, 0.1) is 0 Å². The van der Waals surface area contributed by atoms with Crippen LogP contribution in [-0.2, 0) is 10.8 Å². The molecule has 0 saturated heterocycles. The molecule has 10 aromatic rings. The van der Waals surface area contributed by atoms with Gasteiger partial charge in [0.25, 0.3) is 0 Å². The summed E-state index contributed by atoms with van der Waals surface area (Å²) in [5.41, 5.74) is 26.9. The SMILES string of the molecule is CC1(C)c2ccccc2-c2cccc(-c3ccccc3-c3ccc(N(c4ccc5c(c4)C4(CCCCC4)c4ccccc4-5)c4ccccc4-c4ccc(-c5ccccc5)c(-c5ccccc5)c4)cc3)c21. The van der Waals surface area contributed by atoms with E-state index in [1.807, 2.05) is 0 Å². The molecule has 10 aromatic carbocycles. The first-order valence-electron chi connectivity index (χ1n) is 25.3. The summed E-state index contributed by atoms with van der Waals surface area (Å²) in [7, 11) is 0. The first-order valence-corrected chi connectivity index (χ1v) is 25.3. The lowest BCUT2D eigenvalue weighted by atomic mass is 9.68. The number of para-hydroxylation sites is 1. The maximum absolute atomic E-state index is 2.56. The second kappa shape index (κ2) is 16.9. The van der Waals surface area contributed by atoms with E-state index in [0.717, 1.165) is 11.4 Å². The highest BCUT2D eigenvalue weighted by Gasteiger charge is 2.44. The standard InChI is InChI=1S/C69H55N/c1-68(2)63-32-15-12-29-58(63)61-31-20-30-60(67(61)68)56-27-11-10-25-53(56)49-35-38-51(39-36-49)70(52-40-42-59-57-28-13-16-33-64(57)69(65(59)46-52)43-18-5-19-44-69)66-34-17-14-26-55(66)50-37-41-54(47-21-6-3-7-22-47)62(45-50)48-23-8-4-9-24-48/h3-4,6-17,20-42,45-46H,5,18-19,43-44H2,1-2H3. The lowest BCUT2D eigenvalue weighted by Crippen LogP contribution is -2.28. The molecular formula is C69H55N. The van der Waals surface area contributed by atoms with E-state index in [9.17, 15) is 0 Å². The Morgan fingerprint density at radius 2 is 0.771 bits per heavy atom. The van der Waals surface area contributed by atoms with Gasteiger partial charge in [-0.2, -0.15) is 0 Å². The number of hydrogen-bond donors (Lipinski definition) is 0. The molecule has 0 unspecified atom stereocenters. The Hall–Kier alpha value is -8.00. The van der Waals surface area contributed by atoms with Gasteiger partial charge < -0.3 is 4.90 Å². The van der Waals surface area contributed by atoms with Crippen LogP contribution in [0.25, 0.3) is 77.9 Å². The Morgan fingerprint density at radius 3 is 1.49 bits per heavy atom. The zero-order valence-electron chi connectivity index (χ0n) is 40.0. The summed E-state index contributed by atoms with van der Waals surface area (Å²) >= 11 is 0. The van der Waals surface area contributed by atoms with Gasteiger partial charge in [0.1, 0.15) is 0 Å². The number of rotatable bonds is 8. The van der Waals surface area contributed by atoms with Crippen LogP contribution >= 0.6 is 0 Å².